The molecule has 0 saturated heterocycles. The Morgan fingerprint density at radius 1 is 1.42 bits per heavy atom. The predicted octanol–water partition coefficient (Wildman–Crippen LogP) is 1.57. The summed E-state index contributed by atoms with van der Waals surface area (Å²) in [6, 6.07) is 5.93. The van der Waals surface area contributed by atoms with Crippen LogP contribution in [0, 0.1) is 28.4 Å². The number of nitriles is 1. The summed E-state index contributed by atoms with van der Waals surface area (Å²) in [4.78, 5) is 40.2. The van der Waals surface area contributed by atoms with Gasteiger partial charge in [0.1, 0.15) is 27.2 Å². The van der Waals surface area contributed by atoms with Crippen LogP contribution in [-0.2, 0) is 7.05 Å². The maximum absolute atomic E-state index is 13.0. The van der Waals surface area contributed by atoms with Crippen LogP contribution in [0.15, 0.2) is 27.5 Å². The van der Waals surface area contributed by atoms with Crippen molar-refractivity contribution >= 4 is 50.3 Å². The van der Waals surface area contributed by atoms with Gasteiger partial charge < -0.3 is 16.8 Å². The fraction of sp³-hybridized carbons (Fsp3) is 0.105. The van der Waals surface area contributed by atoms with Crippen LogP contribution >= 0.6 is 11.3 Å². The number of nitro benzene ring substituents is 1. The predicted molar refractivity (Wildman–Crippen MR) is 118 cm³/mol. The summed E-state index contributed by atoms with van der Waals surface area (Å²) in [5.41, 5.74) is 12.2. The third-order valence-corrected chi connectivity index (χ3v) is 6.03. The highest BCUT2D eigenvalue weighted by Crippen LogP contribution is 2.41. The molecule has 0 bridgehead atoms. The molecule has 3 aromatic heterocycles. The zero-order valence-corrected chi connectivity index (χ0v) is 17.9. The number of carbonyl (C=O) groups excluding carboxylic acids is 1. The number of anilines is 3. The lowest BCUT2D eigenvalue weighted by atomic mass is 10.0. The standard InChI is InChI=1S/C19H14N8O5S/c1-7-5-8(27(30)31)3-4-10(7)23-17(28)15-13(21)12-11(14-19(29)32-25-26(14)2)9(6-20)16(22)24-18(12)33-15/h3-5H,1-2H3,(H5-,21,22,23,24,25,28,29)/p+1. The maximum Gasteiger partial charge on any atom is 0.435 e. The molecule has 14 heteroatoms. The number of nitrogens with zero attached hydrogens (tertiary/aromatic N) is 4. The van der Waals surface area contributed by atoms with Crippen LogP contribution in [0.2, 0.25) is 0 Å². The Labute approximate surface area is 188 Å². The number of H-pyrrole nitrogens is 1. The van der Waals surface area contributed by atoms with Gasteiger partial charge in [-0.1, -0.05) is 4.68 Å². The van der Waals surface area contributed by atoms with Gasteiger partial charge in [-0.3, -0.25) is 19.4 Å². The second-order valence-electron chi connectivity index (χ2n) is 6.98. The zero-order valence-electron chi connectivity index (χ0n) is 17.1. The summed E-state index contributed by atoms with van der Waals surface area (Å²) in [6.07, 6.45) is 0. The van der Waals surface area contributed by atoms with Crippen LogP contribution in [0.3, 0.4) is 0 Å². The number of nitro groups is 1. The number of non-ortho nitro benzene ring substituents is 1. The lowest BCUT2D eigenvalue weighted by molar-refractivity contribution is -0.730. The van der Waals surface area contributed by atoms with E-state index in [9.17, 15) is 25.0 Å². The normalized spacial score (nSPS) is 10.8. The van der Waals surface area contributed by atoms with E-state index < -0.39 is 16.5 Å². The van der Waals surface area contributed by atoms with Crippen molar-refractivity contribution in [1.82, 2.24) is 10.3 Å². The van der Waals surface area contributed by atoms with Crippen LogP contribution in [0.1, 0.15) is 20.8 Å². The highest BCUT2D eigenvalue weighted by molar-refractivity contribution is 7.21. The van der Waals surface area contributed by atoms with Crippen molar-refractivity contribution in [2.75, 3.05) is 16.8 Å². The van der Waals surface area contributed by atoms with Gasteiger partial charge in [0, 0.05) is 17.8 Å². The van der Waals surface area contributed by atoms with Crippen molar-refractivity contribution in [2.24, 2.45) is 7.05 Å². The van der Waals surface area contributed by atoms with Gasteiger partial charge in [0.05, 0.1) is 21.6 Å². The van der Waals surface area contributed by atoms with Crippen LogP contribution in [-0.4, -0.2) is 21.1 Å². The Kier molecular flexibility index (Phi) is 5.03. The molecular weight excluding hydrogens is 452 g/mol. The minimum absolute atomic E-state index is 0.00772. The number of aryl methyl sites for hydroxylation is 2. The first kappa shape index (κ1) is 21.5. The van der Waals surface area contributed by atoms with Crippen LogP contribution in [0.25, 0.3) is 21.5 Å². The van der Waals surface area contributed by atoms with E-state index >= 15 is 0 Å². The molecular formula is C19H15N8O5S+. The molecule has 0 atom stereocenters. The van der Waals surface area contributed by atoms with Crippen LogP contribution in [0.5, 0.6) is 0 Å². The van der Waals surface area contributed by atoms with Crippen molar-refractivity contribution in [3.63, 3.8) is 0 Å². The Balaban J connectivity index is 1.88. The van der Waals surface area contributed by atoms with Gasteiger partial charge in [-0.05, 0) is 23.8 Å². The van der Waals surface area contributed by atoms with Gasteiger partial charge in [-0.15, -0.1) is 11.3 Å². The molecule has 13 nitrogen and oxygen atoms in total. The summed E-state index contributed by atoms with van der Waals surface area (Å²) in [5.74, 6) is -0.735. The second-order valence-corrected chi connectivity index (χ2v) is 7.98. The van der Waals surface area contributed by atoms with E-state index in [1.807, 2.05) is 6.07 Å². The summed E-state index contributed by atoms with van der Waals surface area (Å²) < 4.78 is 6.06. The number of carbonyl (C=O) groups is 1. The minimum Gasteiger partial charge on any atom is -0.397 e. The first-order valence-corrected chi connectivity index (χ1v) is 10.0. The van der Waals surface area contributed by atoms with E-state index in [2.05, 4.69) is 15.6 Å². The Morgan fingerprint density at radius 2 is 2.15 bits per heavy atom. The van der Waals surface area contributed by atoms with Gasteiger partial charge in [-0.2, -0.15) is 5.26 Å². The topological polar surface area (TPSA) is 211 Å². The average Bonchev–Trinajstić information content (AvgIpc) is 3.26. The van der Waals surface area contributed by atoms with Gasteiger partial charge in [0.15, 0.2) is 7.05 Å². The summed E-state index contributed by atoms with van der Waals surface area (Å²) in [6.45, 7) is 1.61. The van der Waals surface area contributed by atoms with Crippen LogP contribution in [0.4, 0.5) is 22.9 Å². The van der Waals surface area contributed by atoms with E-state index in [4.69, 9.17) is 16.0 Å². The van der Waals surface area contributed by atoms with Crippen LogP contribution < -0.4 is 27.1 Å². The number of pyridine rings is 1. The molecule has 0 fully saturated rings. The number of aromatic amines is 1. The number of fused-ring (bicyclic) bond motifs is 1. The Morgan fingerprint density at radius 3 is 2.73 bits per heavy atom. The monoisotopic (exact) mass is 467 g/mol. The molecule has 3 heterocycles. The van der Waals surface area contributed by atoms with Gasteiger partial charge in [0.25, 0.3) is 11.6 Å². The van der Waals surface area contributed by atoms with Crippen molar-refractivity contribution in [2.45, 2.75) is 6.92 Å². The van der Waals surface area contributed by atoms with Gasteiger partial charge in [-0.25, -0.2) is 9.78 Å². The number of rotatable bonds is 4. The molecule has 0 aliphatic rings. The fourth-order valence-corrected chi connectivity index (χ4v) is 4.39. The van der Waals surface area contributed by atoms with E-state index in [0.29, 0.717) is 11.3 Å². The van der Waals surface area contributed by atoms with E-state index in [-0.39, 0.29) is 49.1 Å². The van der Waals surface area contributed by atoms with Crippen molar-refractivity contribution in [1.29, 1.82) is 5.26 Å². The second kappa shape index (κ2) is 7.73. The molecule has 6 N–H and O–H groups in total. The number of hydrogen-bond donors (Lipinski definition) is 4. The summed E-state index contributed by atoms with van der Waals surface area (Å²) in [5, 5.41) is 25.8. The number of thiophene rings is 1. The van der Waals surface area contributed by atoms with Gasteiger partial charge >= 0.3 is 11.3 Å². The number of benzene rings is 1. The average molecular weight is 467 g/mol. The van der Waals surface area contributed by atoms with Crippen molar-refractivity contribution in [3.8, 4) is 17.3 Å². The SMILES string of the molecule is Cc1cc([N+](=O)[O-])ccc1NC(=O)c1sc2nc(N)c(C#N)c(-c3c(=O)o[nH][n+]3C)c2c1N. The van der Waals surface area contributed by atoms with E-state index in [1.165, 1.54) is 29.9 Å². The Bertz CT molecular complexity index is 1580. The minimum atomic E-state index is -0.765. The lowest BCUT2D eigenvalue weighted by Gasteiger charge is -2.08. The molecule has 0 aliphatic carbocycles. The molecule has 0 radical (unpaired) electrons. The molecule has 0 unspecified atom stereocenters. The zero-order chi connectivity index (χ0) is 24.0. The van der Waals surface area contributed by atoms with E-state index in [0.717, 1.165) is 11.3 Å². The molecule has 0 saturated carbocycles. The number of amides is 1. The number of hydrogen-bond acceptors (Lipinski definition) is 10. The molecule has 4 rings (SSSR count). The van der Waals surface area contributed by atoms with E-state index in [1.54, 1.807) is 6.92 Å². The summed E-state index contributed by atoms with van der Waals surface area (Å²) in [7, 11) is 1.50. The van der Waals surface area contributed by atoms with Crippen molar-refractivity contribution in [3.05, 3.63) is 54.7 Å². The number of aromatic nitrogens is 3. The molecule has 33 heavy (non-hydrogen) atoms. The highest BCUT2D eigenvalue weighted by Gasteiger charge is 2.32. The molecule has 0 aliphatic heterocycles. The molecule has 4 aromatic rings. The largest absolute Gasteiger partial charge is 0.435 e. The van der Waals surface area contributed by atoms with Crippen molar-refractivity contribution < 1.29 is 18.9 Å². The maximum atomic E-state index is 13.0. The third kappa shape index (κ3) is 3.42. The first-order valence-electron chi connectivity index (χ1n) is 9.19. The quantitative estimate of drug-likeness (QED) is 0.194. The number of nitrogens with one attached hydrogen (secondary N) is 2. The molecule has 0 spiro atoms. The van der Waals surface area contributed by atoms with Gasteiger partial charge in [0.2, 0.25) is 0 Å². The molecule has 166 valence electrons. The smallest absolute Gasteiger partial charge is 0.397 e. The third-order valence-electron chi connectivity index (χ3n) is 4.93. The highest BCUT2D eigenvalue weighted by atomic mass is 32.1. The summed E-state index contributed by atoms with van der Waals surface area (Å²) >= 11 is 0.924. The Hall–Kier alpha value is -4.77. The molecule has 1 amide bonds. The molecule has 1 aromatic carbocycles. The lowest BCUT2D eigenvalue weighted by Crippen LogP contribution is -2.34. The first-order chi connectivity index (χ1) is 15.6. The fourth-order valence-electron chi connectivity index (χ4n) is 3.38. The number of nitrogen functional groups attached to an aromatic ring is 2. The number of nitrogens with two attached hydrogens (primary N) is 2.